The molecule has 0 heterocycles. The number of hydrogen-bond acceptors (Lipinski definition) is 4. The van der Waals surface area contributed by atoms with E-state index in [9.17, 15) is 4.79 Å². The van der Waals surface area contributed by atoms with Crippen LogP contribution in [-0.2, 0) is 19.0 Å². The van der Waals surface area contributed by atoms with Gasteiger partial charge in [0.2, 0.25) is 0 Å². The molecule has 0 atom stereocenters. The van der Waals surface area contributed by atoms with Gasteiger partial charge in [0.05, 0.1) is 18.8 Å². The van der Waals surface area contributed by atoms with Crippen molar-refractivity contribution in [1.29, 1.82) is 0 Å². The molecule has 162 valence electrons. The molecule has 0 aromatic heterocycles. The number of ether oxygens (including phenoxy) is 3. The molecule has 2 rings (SSSR count). The van der Waals surface area contributed by atoms with E-state index < -0.39 is 0 Å². The van der Waals surface area contributed by atoms with Crippen LogP contribution in [0.2, 0.25) is 0 Å². The summed E-state index contributed by atoms with van der Waals surface area (Å²) in [6, 6.07) is 0. The Hall–Kier alpha value is -0.870. The van der Waals surface area contributed by atoms with Gasteiger partial charge in [0.15, 0.2) is 0 Å². The average molecular weight is 395 g/mol. The molecule has 0 unspecified atom stereocenters. The molecule has 2 aliphatic carbocycles. The van der Waals surface area contributed by atoms with Gasteiger partial charge < -0.3 is 14.2 Å². The summed E-state index contributed by atoms with van der Waals surface area (Å²) in [5, 5.41) is 0. The molecule has 0 saturated heterocycles. The summed E-state index contributed by atoms with van der Waals surface area (Å²) < 4.78 is 17.1. The number of hydrogen-bond donors (Lipinski definition) is 0. The summed E-state index contributed by atoms with van der Waals surface area (Å²) in [4.78, 5) is 11.1. The molecular formula is C24H42O4. The molecule has 0 radical (unpaired) electrons. The maximum Gasteiger partial charge on any atom is 0.330 e. The molecular weight excluding hydrogens is 352 g/mol. The Morgan fingerprint density at radius 3 is 1.96 bits per heavy atom. The number of unbranched alkanes of at least 4 members (excludes halogenated alkanes) is 3. The molecule has 0 aliphatic heterocycles. The molecule has 0 amide bonds. The molecule has 2 aliphatic rings. The van der Waals surface area contributed by atoms with E-state index in [1.165, 1.54) is 63.9 Å². The summed E-state index contributed by atoms with van der Waals surface area (Å²) >= 11 is 0. The van der Waals surface area contributed by atoms with Gasteiger partial charge in [-0.2, -0.15) is 0 Å². The summed E-state index contributed by atoms with van der Waals surface area (Å²) in [7, 11) is 0. The summed E-state index contributed by atoms with van der Waals surface area (Å²) in [6.07, 6.45) is 19.4. The van der Waals surface area contributed by atoms with Crippen LogP contribution < -0.4 is 0 Å². The third kappa shape index (κ3) is 9.56. The lowest BCUT2D eigenvalue weighted by atomic mass is 9.84. The molecule has 0 spiro atoms. The van der Waals surface area contributed by atoms with Crippen molar-refractivity contribution in [1.82, 2.24) is 0 Å². The van der Waals surface area contributed by atoms with E-state index in [1.54, 1.807) is 0 Å². The van der Waals surface area contributed by atoms with Gasteiger partial charge in [0, 0.05) is 6.08 Å². The Bertz CT molecular complexity index is 420. The van der Waals surface area contributed by atoms with Crippen molar-refractivity contribution < 1.29 is 19.0 Å². The first-order valence-corrected chi connectivity index (χ1v) is 11.7. The summed E-state index contributed by atoms with van der Waals surface area (Å²) in [6.45, 7) is 6.66. The van der Waals surface area contributed by atoms with Crippen molar-refractivity contribution in [2.45, 2.75) is 109 Å². The Kier molecular flexibility index (Phi) is 11.8. The highest BCUT2D eigenvalue weighted by Crippen LogP contribution is 2.31. The third-order valence-electron chi connectivity index (χ3n) is 6.60. The number of carbonyl (C=O) groups excluding carboxylic acids is 1. The minimum atomic E-state index is -0.320. The summed E-state index contributed by atoms with van der Waals surface area (Å²) in [5.41, 5.74) is 0. The molecule has 0 N–H and O–H groups in total. The Morgan fingerprint density at radius 2 is 1.43 bits per heavy atom. The van der Waals surface area contributed by atoms with Gasteiger partial charge in [-0.05, 0) is 69.6 Å². The fraction of sp³-hybridized carbons (Fsp3) is 0.875. The number of carbonyl (C=O) groups is 1. The van der Waals surface area contributed by atoms with E-state index in [2.05, 4.69) is 13.5 Å². The van der Waals surface area contributed by atoms with Gasteiger partial charge in [0.25, 0.3) is 0 Å². The van der Waals surface area contributed by atoms with Crippen LogP contribution in [0.3, 0.4) is 0 Å². The van der Waals surface area contributed by atoms with E-state index >= 15 is 0 Å². The van der Waals surface area contributed by atoms with Gasteiger partial charge in [-0.3, -0.25) is 0 Å². The van der Waals surface area contributed by atoms with Crippen LogP contribution in [-0.4, -0.2) is 31.6 Å². The molecule has 4 heteroatoms. The van der Waals surface area contributed by atoms with Crippen LogP contribution in [0, 0.1) is 11.8 Å². The second kappa shape index (κ2) is 14.2. The van der Waals surface area contributed by atoms with Gasteiger partial charge in [0.1, 0.15) is 6.79 Å². The average Bonchev–Trinajstić information content (AvgIpc) is 2.73. The maximum atomic E-state index is 11.1. The van der Waals surface area contributed by atoms with Crippen LogP contribution in [0.25, 0.3) is 0 Å². The predicted molar refractivity (Wildman–Crippen MR) is 113 cm³/mol. The molecule has 0 aromatic carbocycles. The molecule has 0 aromatic rings. The zero-order valence-electron chi connectivity index (χ0n) is 18.0. The highest BCUT2D eigenvalue weighted by molar-refractivity contribution is 5.81. The zero-order chi connectivity index (χ0) is 20.0. The van der Waals surface area contributed by atoms with Gasteiger partial charge in [-0.15, -0.1) is 0 Å². The lowest BCUT2D eigenvalue weighted by Crippen LogP contribution is -2.27. The van der Waals surface area contributed by atoms with Crippen LogP contribution in [0.1, 0.15) is 96.8 Å². The fourth-order valence-electron chi connectivity index (χ4n) is 4.65. The minimum Gasteiger partial charge on any atom is -0.463 e. The predicted octanol–water partition coefficient (Wildman–Crippen LogP) is 6.18. The lowest BCUT2D eigenvalue weighted by molar-refractivity contribution is -0.140. The third-order valence-corrected chi connectivity index (χ3v) is 6.60. The molecule has 0 bridgehead atoms. The standard InChI is InChI=1S/C24H42O4/c1-3-5-6-7-8-20-9-13-22(14-10-20)27-19-28-23-15-11-21(12-16-23)17-18-26-24(25)4-2/h4,20-23H,2-3,5-19H2,1H3. The first kappa shape index (κ1) is 23.4. The lowest BCUT2D eigenvalue weighted by Gasteiger charge is -2.31. The Morgan fingerprint density at radius 1 is 0.857 bits per heavy atom. The largest absolute Gasteiger partial charge is 0.463 e. The van der Waals surface area contributed by atoms with Crippen molar-refractivity contribution >= 4 is 5.97 Å². The molecule has 2 fully saturated rings. The first-order valence-electron chi connectivity index (χ1n) is 11.7. The quantitative estimate of drug-likeness (QED) is 0.162. The maximum absolute atomic E-state index is 11.1. The molecule has 2 saturated carbocycles. The normalized spacial score (nSPS) is 28.0. The van der Waals surface area contributed by atoms with Crippen molar-refractivity contribution in [2.75, 3.05) is 13.4 Å². The van der Waals surface area contributed by atoms with Crippen LogP contribution >= 0.6 is 0 Å². The van der Waals surface area contributed by atoms with Crippen LogP contribution in [0.5, 0.6) is 0 Å². The topological polar surface area (TPSA) is 44.8 Å². The molecule has 4 nitrogen and oxygen atoms in total. The van der Waals surface area contributed by atoms with E-state index in [0.29, 0.717) is 31.5 Å². The summed E-state index contributed by atoms with van der Waals surface area (Å²) in [5.74, 6) is 1.25. The van der Waals surface area contributed by atoms with E-state index in [0.717, 1.165) is 38.0 Å². The van der Waals surface area contributed by atoms with Crippen LogP contribution in [0.4, 0.5) is 0 Å². The minimum absolute atomic E-state index is 0.320. The second-order valence-corrected chi connectivity index (χ2v) is 8.75. The highest BCUT2D eigenvalue weighted by Gasteiger charge is 2.24. The second-order valence-electron chi connectivity index (χ2n) is 8.75. The van der Waals surface area contributed by atoms with Gasteiger partial charge in [-0.25, -0.2) is 4.79 Å². The zero-order valence-corrected chi connectivity index (χ0v) is 18.0. The first-order chi connectivity index (χ1) is 13.7. The van der Waals surface area contributed by atoms with E-state index in [1.807, 2.05) is 0 Å². The number of rotatable bonds is 13. The smallest absolute Gasteiger partial charge is 0.330 e. The monoisotopic (exact) mass is 394 g/mol. The van der Waals surface area contributed by atoms with Gasteiger partial charge >= 0.3 is 5.97 Å². The number of esters is 1. The van der Waals surface area contributed by atoms with Crippen molar-refractivity contribution in [3.05, 3.63) is 12.7 Å². The van der Waals surface area contributed by atoms with Crippen molar-refractivity contribution in [2.24, 2.45) is 11.8 Å². The Balaban J connectivity index is 1.45. The fourth-order valence-corrected chi connectivity index (χ4v) is 4.65. The Labute approximate surface area is 172 Å². The van der Waals surface area contributed by atoms with Crippen LogP contribution in [0.15, 0.2) is 12.7 Å². The molecule has 28 heavy (non-hydrogen) atoms. The van der Waals surface area contributed by atoms with Gasteiger partial charge in [-0.1, -0.05) is 45.6 Å². The van der Waals surface area contributed by atoms with E-state index in [-0.39, 0.29) is 5.97 Å². The van der Waals surface area contributed by atoms with Crippen molar-refractivity contribution in [3.8, 4) is 0 Å². The SMILES string of the molecule is C=CC(=O)OCCC1CCC(OCOC2CCC(CCCCCC)CC2)CC1. The van der Waals surface area contributed by atoms with E-state index in [4.69, 9.17) is 14.2 Å². The van der Waals surface area contributed by atoms with Crippen molar-refractivity contribution in [3.63, 3.8) is 0 Å². The highest BCUT2D eigenvalue weighted by atomic mass is 16.7.